The normalized spacial score (nSPS) is 25.8. The van der Waals surface area contributed by atoms with E-state index in [4.69, 9.17) is 0 Å². The molecule has 3 rings (SSSR count). The summed E-state index contributed by atoms with van der Waals surface area (Å²) in [6.07, 6.45) is 16.8. The highest BCUT2D eigenvalue weighted by Gasteiger charge is 2.28. The van der Waals surface area contributed by atoms with Crippen molar-refractivity contribution in [3.63, 3.8) is 0 Å². The topological polar surface area (TPSA) is 81.8 Å². The third-order valence-electron chi connectivity index (χ3n) is 8.45. The molecule has 0 spiro atoms. The Kier molecular flexibility index (Phi) is 11.7. The van der Waals surface area contributed by atoms with Crippen molar-refractivity contribution in [1.82, 2.24) is 20.4 Å². The van der Waals surface area contributed by atoms with Crippen LogP contribution in [0.4, 0.5) is 9.59 Å². The lowest BCUT2D eigenvalue weighted by atomic mass is 9.80. The highest BCUT2D eigenvalue weighted by Crippen LogP contribution is 2.31. The van der Waals surface area contributed by atoms with Gasteiger partial charge in [0.25, 0.3) is 0 Å². The number of imide groups is 1. The summed E-state index contributed by atoms with van der Waals surface area (Å²) in [7, 11) is 0. The van der Waals surface area contributed by atoms with Gasteiger partial charge >= 0.3 is 12.1 Å². The van der Waals surface area contributed by atoms with Gasteiger partial charge in [-0.15, -0.1) is 0 Å². The Morgan fingerprint density at radius 1 is 0.886 bits per heavy atom. The minimum atomic E-state index is -0.179. The zero-order valence-electron chi connectivity index (χ0n) is 22.4. The molecule has 7 nitrogen and oxygen atoms in total. The van der Waals surface area contributed by atoms with Crippen molar-refractivity contribution in [3.8, 4) is 0 Å². The summed E-state index contributed by atoms with van der Waals surface area (Å²) in [6.45, 7) is 6.88. The maximum Gasteiger partial charge on any atom is 0.324 e. The van der Waals surface area contributed by atoms with Crippen LogP contribution in [0.5, 0.6) is 0 Å². The highest BCUT2D eigenvalue weighted by atomic mass is 16.2. The number of hydrogen-bond acceptors (Lipinski definition) is 3. The number of hydrogen-bond donors (Lipinski definition) is 2. The Labute approximate surface area is 213 Å². The van der Waals surface area contributed by atoms with Gasteiger partial charge in [0.05, 0.1) is 0 Å². The fraction of sp³-hybridized carbons (Fsp3) is 0.893. The standard InChI is InChI=1S/C28H50N4O3/c1-3-24(29-27(34)31-18-8-4-5-9-19-31)15-12-22(2)21-23-13-16-25(17-14-23)30-28(35)32-20-10-6-7-11-26(32)33/h22-25H,3-21H2,1-2H3,(H,29,34)(H,30,35). The fourth-order valence-corrected chi connectivity index (χ4v) is 6.08. The summed E-state index contributed by atoms with van der Waals surface area (Å²) < 4.78 is 0. The number of amides is 5. The minimum Gasteiger partial charge on any atom is -0.335 e. The monoisotopic (exact) mass is 490 g/mol. The molecule has 2 aliphatic heterocycles. The highest BCUT2D eigenvalue weighted by molar-refractivity contribution is 5.94. The first-order valence-electron chi connectivity index (χ1n) is 14.6. The molecule has 35 heavy (non-hydrogen) atoms. The summed E-state index contributed by atoms with van der Waals surface area (Å²) in [5.74, 6) is 1.34. The number of carbonyl (C=O) groups is 3. The van der Waals surface area contributed by atoms with Crippen molar-refractivity contribution in [2.45, 2.75) is 129 Å². The first kappa shape index (κ1) is 27.8. The molecule has 5 amide bonds. The van der Waals surface area contributed by atoms with Gasteiger partial charge in [-0.1, -0.05) is 33.1 Å². The number of rotatable bonds is 8. The van der Waals surface area contributed by atoms with Crippen molar-refractivity contribution in [1.29, 1.82) is 0 Å². The largest absolute Gasteiger partial charge is 0.335 e. The summed E-state index contributed by atoms with van der Waals surface area (Å²) in [4.78, 5) is 41.0. The van der Waals surface area contributed by atoms with Gasteiger partial charge in [0, 0.05) is 38.1 Å². The molecule has 2 atom stereocenters. The number of nitrogens with zero attached hydrogens (tertiary/aromatic N) is 2. The van der Waals surface area contributed by atoms with Crippen molar-refractivity contribution in [3.05, 3.63) is 0 Å². The SMILES string of the molecule is CCC(CCC(C)CC1CCC(NC(=O)N2CCCCCC2=O)CC1)NC(=O)N1CCCCCC1. The maximum absolute atomic E-state index is 12.7. The van der Waals surface area contributed by atoms with Crippen molar-refractivity contribution in [2.75, 3.05) is 19.6 Å². The zero-order valence-corrected chi connectivity index (χ0v) is 22.4. The minimum absolute atomic E-state index is 0.0180. The molecule has 0 aromatic heterocycles. The van der Waals surface area contributed by atoms with Crippen molar-refractivity contribution < 1.29 is 14.4 Å². The summed E-state index contributed by atoms with van der Waals surface area (Å²) >= 11 is 0. The molecule has 2 N–H and O–H groups in total. The van der Waals surface area contributed by atoms with E-state index in [0.717, 1.165) is 90.1 Å². The van der Waals surface area contributed by atoms with Crippen LogP contribution in [0, 0.1) is 11.8 Å². The molecule has 2 unspecified atom stereocenters. The lowest BCUT2D eigenvalue weighted by Crippen LogP contribution is -2.48. The third-order valence-corrected chi connectivity index (χ3v) is 8.45. The fourth-order valence-electron chi connectivity index (χ4n) is 6.08. The second-order valence-electron chi connectivity index (χ2n) is 11.4. The Morgan fingerprint density at radius 2 is 1.54 bits per heavy atom. The van der Waals surface area contributed by atoms with Crippen molar-refractivity contribution >= 4 is 18.0 Å². The molecule has 0 bridgehead atoms. The van der Waals surface area contributed by atoms with Crippen LogP contribution >= 0.6 is 0 Å². The summed E-state index contributed by atoms with van der Waals surface area (Å²) in [5, 5.41) is 6.44. The van der Waals surface area contributed by atoms with Gasteiger partial charge in [0.15, 0.2) is 0 Å². The van der Waals surface area contributed by atoms with Crippen LogP contribution in [0.1, 0.15) is 117 Å². The van der Waals surface area contributed by atoms with E-state index in [9.17, 15) is 14.4 Å². The van der Waals surface area contributed by atoms with Gasteiger partial charge < -0.3 is 15.5 Å². The van der Waals surface area contributed by atoms with E-state index in [1.165, 1.54) is 24.2 Å². The van der Waals surface area contributed by atoms with Crippen LogP contribution in [0.2, 0.25) is 0 Å². The van der Waals surface area contributed by atoms with Crippen molar-refractivity contribution in [2.24, 2.45) is 11.8 Å². The zero-order chi connectivity index (χ0) is 25.0. The number of urea groups is 2. The first-order valence-corrected chi connectivity index (χ1v) is 14.6. The maximum atomic E-state index is 12.7. The molecule has 7 heteroatoms. The van der Waals surface area contributed by atoms with E-state index < -0.39 is 0 Å². The molecular formula is C28H50N4O3. The quantitative estimate of drug-likeness (QED) is 0.449. The molecule has 200 valence electrons. The van der Waals surface area contributed by atoms with E-state index in [-0.39, 0.29) is 30.1 Å². The van der Waals surface area contributed by atoms with Crippen LogP contribution in [-0.4, -0.2) is 59.5 Å². The molecular weight excluding hydrogens is 440 g/mol. The molecule has 3 fully saturated rings. The lowest BCUT2D eigenvalue weighted by molar-refractivity contribution is -0.127. The average Bonchev–Trinajstić information content (AvgIpc) is 3.26. The van der Waals surface area contributed by atoms with Crippen LogP contribution < -0.4 is 10.6 Å². The van der Waals surface area contributed by atoms with E-state index in [1.807, 2.05) is 4.90 Å². The molecule has 1 saturated carbocycles. The second-order valence-corrected chi connectivity index (χ2v) is 11.4. The van der Waals surface area contributed by atoms with Crippen LogP contribution in [0.3, 0.4) is 0 Å². The van der Waals surface area contributed by atoms with E-state index in [2.05, 4.69) is 24.5 Å². The molecule has 0 radical (unpaired) electrons. The molecule has 2 heterocycles. The Bertz CT molecular complexity index is 669. The molecule has 0 aromatic rings. The first-order chi connectivity index (χ1) is 17.0. The van der Waals surface area contributed by atoms with Gasteiger partial charge in [-0.05, 0) is 88.9 Å². The van der Waals surface area contributed by atoms with Crippen LogP contribution in [-0.2, 0) is 4.79 Å². The molecule has 2 saturated heterocycles. The van der Waals surface area contributed by atoms with Gasteiger partial charge in [0.2, 0.25) is 5.91 Å². The van der Waals surface area contributed by atoms with Gasteiger partial charge in [-0.25, -0.2) is 9.59 Å². The number of carbonyl (C=O) groups excluding carboxylic acids is 3. The predicted molar refractivity (Wildman–Crippen MR) is 140 cm³/mol. The number of likely N-dealkylation sites (tertiary alicyclic amines) is 2. The number of nitrogens with one attached hydrogen (secondary N) is 2. The predicted octanol–water partition coefficient (Wildman–Crippen LogP) is 5.83. The lowest BCUT2D eigenvalue weighted by Gasteiger charge is -2.32. The average molecular weight is 491 g/mol. The van der Waals surface area contributed by atoms with Gasteiger partial charge in [-0.2, -0.15) is 0 Å². The van der Waals surface area contributed by atoms with Gasteiger partial charge in [-0.3, -0.25) is 9.69 Å². The van der Waals surface area contributed by atoms with E-state index in [1.54, 1.807) is 0 Å². The molecule has 1 aliphatic carbocycles. The smallest absolute Gasteiger partial charge is 0.324 e. The van der Waals surface area contributed by atoms with E-state index in [0.29, 0.717) is 24.8 Å². The van der Waals surface area contributed by atoms with E-state index >= 15 is 0 Å². The third kappa shape index (κ3) is 9.30. The van der Waals surface area contributed by atoms with Crippen LogP contribution in [0.15, 0.2) is 0 Å². The Morgan fingerprint density at radius 3 is 2.23 bits per heavy atom. The second kappa shape index (κ2) is 14.7. The Balaban J connectivity index is 1.32. The molecule has 0 aromatic carbocycles. The Hall–Kier alpha value is -1.79. The summed E-state index contributed by atoms with van der Waals surface area (Å²) in [5.41, 5.74) is 0. The molecule has 3 aliphatic rings. The summed E-state index contributed by atoms with van der Waals surface area (Å²) in [6, 6.07) is 0.417. The van der Waals surface area contributed by atoms with Crippen LogP contribution in [0.25, 0.3) is 0 Å². The van der Waals surface area contributed by atoms with Gasteiger partial charge in [0.1, 0.15) is 0 Å².